The average molecular weight is 494 g/mol. The highest BCUT2D eigenvalue weighted by molar-refractivity contribution is 14.0. The lowest BCUT2D eigenvalue weighted by atomic mass is 9.98. The Hall–Kier alpha value is -0.410. The summed E-state index contributed by atoms with van der Waals surface area (Å²) in [7, 11) is 0. The quantitative estimate of drug-likeness (QED) is 0.342. The van der Waals surface area contributed by atoms with Gasteiger partial charge in [0.15, 0.2) is 5.96 Å². The van der Waals surface area contributed by atoms with Crippen LogP contribution in [0.1, 0.15) is 64.1 Å². The van der Waals surface area contributed by atoms with Crippen LogP contribution in [0.2, 0.25) is 0 Å². The van der Waals surface area contributed by atoms with E-state index in [1.807, 2.05) is 0 Å². The zero-order chi connectivity index (χ0) is 18.2. The van der Waals surface area contributed by atoms with Crippen molar-refractivity contribution in [3.63, 3.8) is 0 Å². The van der Waals surface area contributed by atoms with Gasteiger partial charge in [-0.05, 0) is 51.6 Å². The van der Waals surface area contributed by atoms with E-state index in [4.69, 9.17) is 4.99 Å². The van der Waals surface area contributed by atoms with Gasteiger partial charge in [0.25, 0.3) is 0 Å². The van der Waals surface area contributed by atoms with E-state index in [-0.39, 0.29) is 24.0 Å². The molecule has 1 aromatic rings. The van der Waals surface area contributed by atoms with Gasteiger partial charge in [-0.3, -0.25) is 4.90 Å². The van der Waals surface area contributed by atoms with Gasteiger partial charge in [0.1, 0.15) is 5.01 Å². The lowest BCUT2D eigenvalue weighted by Crippen LogP contribution is -2.48. The molecule has 26 heavy (non-hydrogen) atoms. The zero-order valence-electron chi connectivity index (χ0n) is 16.9. The van der Waals surface area contributed by atoms with Gasteiger partial charge < -0.3 is 10.6 Å². The highest BCUT2D eigenvalue weighted by Gasteiger charge is 2.20. The largest absolute Gasteiger partial charge is 0.357 e. The number of guanidine groups is 1. The summed E-state index contributed by atoms with van der Waals surface area (Å²) < 4.78 is 0. The molecule has 2 rings (SSSR count). The van der Waals surface area contributed by atoms with E-state index in [2.05, 4.69) is 60.5 Å². The molecule has 0 aliphatic carbocycles. The Kier molecular flexibility index (Phi) is 11.0. The summed E-state index contributed by atoms with van der Waals surface area (Å²) in [4.78, 5) is 12.0. The van der Waals surface area contributed by atoms with Gasteiger partial charge in [-0.15, -0.1) is 35.3 Å². The summed E-state index contributed by atoms with van der Waals surface area (Å²) >= 11 is 1.70. The summed E-state index contributed by atoms with van der Waals surface area (Å²) in [5.41, 5.74) is 1.17. The van der Waals surface area contributed by atoms with Crippen LogP contribution in [0.3, 0.4) is 0 Å². The first kappa shape index (κ1) is 23.6. The third-order valence-corrected chi connectivity index (χ3v) is 5.74. The zero-order valence-corrected chi connectivity index (χ0v) is 20.1. The van der Waals surface area contributed by atoms with Crippen molar-refractivity contribution < 1.29 is 0 Å². The fourth-order valence-electron chi connectivity index (χ4n) is 2.99. The van der Waals surface area contributed by atoms with E-state index in [1.54, 1.807) is 11.3 Å². The third-order valence-electron chi connectivity index (χ3n) is 4.88. The maximum atomic E-state index is 4.71. The first-order chi connectivity index (χ1) is 12.0. The van der Waals surface area contributed by atoms with Crippen LogP contribution in [0.5, 0.6) is 0 Å². The Labute approximate surface area is 180 Å². The van der Waals surface area contributed by atoms with Crippen molar-refractivity contribution in [3.05, 3.63) is 16.1 Å². The molecule has 0 spiro atoms. The number of thiazole rings is 1. The van der Waals surface area contributed by atoms with Crippen molar-refractivity contribution in [3.8, 4) is 0 Å². The monoisotopic (exact) mass is 493 g/mol. The predicted octanol–water partition coefficient (Wildman–Crippen LogP) is 4.06. The van der Waals surface area contributed by atoms with Crippen molar-refractivity contribution in [2.45, 2.75) is 66.0 Å². The summed E-state index contributed by atoms with van der Waals surface area (Å²) in [6.45, 7) is 16.0. The van der Waals surface area contributed by atoms with Crippen LogP contribution in [0.4, 0.5) is 0 Å². The number of aromatic nitrogens is 1. The second-order valence-corrected chi connectivity index (χ2v) is 8.41. The predicted molar refractivity (Wildman–Crippen MR) is 124 cm³/mol. The van der Waals surface area contributed by atoms with Gasteiger partial charge in [0, 0.05) is 24.5 Å². The van der Waals surface area contributed by atoms with Crippen LogP contribution in [-0.2, 0) is 6.54 Å². The summed E-state index contributed by atoms with van der Waals surface area (Å²) in [5, 5.41) is 10.1. The number of hydrogen-bond acceptors (Lipinski definition) is 4. The van der Waals surface area contributed by atoms with Crippen molar-refractivity contribution in [2.75, 3.05) is 26.2 Å². The Bertz CT molecular complexity index is 538. The summed E-state index contributed by atoms with van der Waals surface area (Å²) in [6.07, 6.45) is 2.64. The molecule has 1 aromatic heterocycles. The number of piperidine rings is 1. The van der Waals surface area contributed by atoms with Crippen molar-refractivity contribution >= 4 is 41.3 Å². The number of likely N-dealkylation sites (tertiary alicyclic amines) is 1. The van der Waals surface area contributed by atoms with E-state index >= 15 is 0 Å². The molecule has 2 N–H and O–H groups in total. The van der Waals surface area contributed by atoms with Crippen molar-refractivity contribution in [1.29, 1.82) is 0 Å². The Morgan fingerprint density at radius 2 is 2.00 bits per heavy atom. The first-order valence-corrected chi connectivity index (χ1v) is 10.6. The fourth-order valence-corrected chi connectivity index (χ4v) is 3.87. The minimum atomic E-state index is 0. The molecular formula is C19H36IN5S. The lowest BCUT2D eigenvalue weighted by molar-refractivity contribution is 0.147. The second-order valence-electron chi connectivity index (χ2n) is 7.46. The second kappa shape index (κ2) is 12.1. The first-order valence-electron chi connectivity index (χ1n) is 9.70. The van der Waals surface area contributed by atoms with Gasteiger partial charge in [0.05, 0.1) is 12.2 Å². The number of aliphatic imine (C=N–C) groups is 1. The molecule has 0 bridgehead atoms. The maximum absolute atomic E-state index is 4.71. The van der Waals surface area contributed by atoms with Gasteiger partial charge in [-0.25, -0.2) is 9.98 Å². The molecule has 7 heteroatoms. The minimum absolute atomic E-state index is 0. The number of nitrogens with zero attached hydrogens (tertiary/aromatic N) is 3. The normalized spacial score (nSPS) is 17.8. The molecule has 0 aromatic carbocycles. The molecule has 1 fully saturated rings. The molecule has 1 aliphatic heterocycles. The molecule has 1 atom stereocenters. The smallest absolute Gasteiger partial charge is 0.191 e. The molecule has 1 saturated heterocycles. The SMILES string of the molecule is CCNC(=NCc1nc(C(C)C)cs1)NCC(C)N1CCC(C)CC1.I. The van der Waals surface area contributed by atoms with Gasteiger partial charge in [-0.1, -0.05) is 20.8 Å². The molecule has 0 amide bonds. The minimum Gasteiger partial charge on any atom is -0.357 e. The summed E-state index contributed by atoms with van der Waals surface area (Å²) in [6, 6.07) is 0.531. The molecule has 1 aliphatic rings. The highest BCUT2D eigenvalue weighted by atomic mass is 127. The number of hydrogen-bond donors (Lipinski definition) is 2. The van der Waals surface area contributed by atoms with E-state index in [9.17, 15) is 0 Å². The molecular weight excluding hydrogens is 457 g/mol. The molecule has 0 saturated carbocycles. The standard InChI is InChI=1S/C19H35N5S.HI/c1-6-20-19(22-12-18-23-17(13-25-18)14(2)3)21-11-16(5)24-9-7-15(4)8-10-24;/h13-16H,6-12H2,1-5H3,(H2,20,21,22);1H. The number of rotatable bonds is 7. The number of nitrogens with one attached hydrogen (secondary N) is 2. The Morgan fingerprint density at radius 1 is 1.31 bits per heavy atom. The molecule has 1 unspecified atom stereocenters. The van der Waals surface area contributed by atoms with Crippen LogP contribution in [0.25, 0.3) is 0 Å². The molecule has 2 heterocycles. The molecule has 5 nitrogen and oxygen atoms in total. The van der Waals surface area contributed by atoms with E-state index in [0.29, 0.717) is 18.5 Å². The van der Waals surface area contributed by atoms with Crippen LogP contribution >= 0.6 is 35.3 Å². The van der Waals surface area contributed by atoms with Gasteiger partial charge in [-0.2, -0.15) is 0 Å². The summed E-state index contributed by atoms with van der Waals surface area (Å²) in [5.74, 6) is 2.25. The Balaban J connectivity index is 0.00000338. The number of halogens is 1. The van der Waals surface area contributed by atoms with Gasteiger partial charge >= 0.3 is 0 Å². The highest BCUT2D eigenvalue weighted by Crippen LogP contribution is 2.19. The van der Waals surface area contributed by atoms with E-state index in [0.717, 1.165) is 30.0 Å². The molecule has 0 radical (unpaired) electrons. The molecule has 150 valence electrons. The lowest BCUT2D eigenvalue weighted by Gasteiger charge is -2.35. The fraction of sp³-hybridized carbons (Fsp3) is 0.789. The topological polar surface area (TPSA) is 52.6 Å². The maximum Gasteiger partial charge on any atom is 0.191 e. The average Bonchev–Trinajstić information content (AvgIpc) is 3.07. The van der Waals surface area contributed by atoms with E-state index < -0.39 is 0 Å². The van der Waals surface area contributed by atoms with Crippen molar-refractivity contribution in [1.82, 2.24) is 20.5 Å². The van der Waals surface area contributed by atoms with Gasteiger partial charge in [0.2, 0.25) is 0 Å². The van der Waals surface area contributed by atoms with Crippen molar-refractivity contribution in [2.24, 2.45) is 10.9 Å². The third kappa shape index (κ3) is 7.68. The Morgan fingerprint density at radius 3 is 2.58 bits per heavy atom. The van der Waals surface area contributed by atoms with E-state index in [1.165, 1.54) is 31.6 Å². The van der Waals surface area contributed by atoms with Crippen LogP contribution in [-0.4, -0.2) is 48.1 Å². The van der Waals surface area contributed by atoms with Crippen LogP contribution in [0, 0.1) is 5.92 Å². The van der Waals surface area contributed by atoms with Crippen LogP contribution < -0.4 is 10.6 Å². The van der Waals surface area contributed by atoms with Crippen LogP contribution in [0.15, 0.2) is 10.4 Å².